The fourth-order valence-corrected chi connectivity index (χ4v) is 8.74. The van der Waals surface area contributed by atoms with Crippen LogP contribution in [0.15, 0.2) is 152 Å². The van der Waals surface area contributed by atoms with Gasteiger partial charge in [-0.15, -0.1) is 0 Å². The molecular weight excluding hydrogens is 532 g/mol. The Labute approximate surface area is 249 Å². The van der Waals surface area contributed by atoms with Crippen LogP contribution in [0.25, 0.3) is 11.1 Å². The topological polar surface area (TPSA) is 63.6 Å². The molecule has 5 aromatic carbocycles. The van der Waals surface area contributed by atoms with Crippen molar-refractivity contribution in [3.8, 4) is 0 Å². The van der Waals surface area contributed by atoms with Gasteiger partial charge in [0.25, 0.3) is 0 Å². The average molecular weight is 561 g/mol. The molecule has 2 bridgehead atoms. The number of carbonyl (C=O) groups is 2. The number of fused-ring (bicyclic) bond motifs is 5. The van der Waals surface area contributed by atoms with Gasteiger partial charge in [-0.2, -0.15) is 0 Å². The molecule has 4 atom stereocenters. The molecule has 2 aliphatic carbocycles. The summed E-state index contributed by atoms with van der Waals surface area (Å²) >= 11 is 0. The lowest BCUT2D eigenvalue weighted by Gasteiger charge is -2.48. The Hall–Kier alpha value is -5.06. The standard InChI is InChI=1S/C39H28O4/c40-35-33-34(36(41)43-35)38(29-22-12-4-13-23-29)32(27-18-8-2-9-19-27)31(26-16-6-1-7-17-26)37(33,28-20-10-3-11-21-28)39(38,42)30-24-14-5-15-25-30/h1-25,33-34,42H. The third-order valence-electron chi connectivity index (χ3n) is 9.93. The predicted octanol–water partition coefficient (Wildman–Crippen LogP) is 6.70. The second kappa shape index (κ2) is 9.22. The SMILES string of the molecule is O=C1OC(=O)C2C1C1(c3ccccc3)C(c3ccccc3)=C(c3ccccc3)C2(c2ccccc2)C1(O)c1ccccc1. The maximum Gasteiger partial charge on any atom is 0.318 e. The monoisotopic (exact) mass is 560 g/mol. The molecule has 1 aliphatic heterocycles. The van der Waals surface area contributed by atoms with Crippen LogP contribution in [0.4, 0.5) is 0 Å². The Balaban J connectivity index is 1.69. The number of ether oxygens (including phenoxy) is 1. The molecule has 0 aromatic heterocycles. The lowest BCUT2D eigenvalue weighted by molar-refractivity contribution is -0.158. The van der Waals surface area contributed by atoms with Gasteiger partial charge in [0.05, 0.1) is 22.7 Å². The molecule has 4 unspecified atom stereocenters. The van der Waals surface area contributed by atoms with Gasteiger partial charge in [-0.3, -0.25) is 9.59 Å². The third kappa shape index (κ3) is 2.98. The fraction of sp³-hybridized carbons (Fsp3) is 0.128. The van der Waals surface area contributed by atoms with Crippen LogP contribution >= 0.6 is 0 Å². The minimum Gasteiger partial charge on any atom is -0.393 e. The molecule has 8 rings (SSSR count). The summed E-state index contributed by atoms with van der Waals surface area (Å²) < 4.78 is 5.58. The summed E-state index contributed by atoms with van der Waals surface area (Å²) in [4.78, 5) is 28.3. The van der Waals surface area contributed by atoms with Crippen LogP contribution in [0.5, 0.6) is 0 Å². The Bertz CT molecular complexity index is 1770. The van der Waals surface area contributed by atoms with Gasteiger partial charge in [-0.1, -0.05) is 152 Å². The first-order valence-electron chi connectivity index (χ1n) is 14.6. The minimum atomic E-state index is -1.77. The van der Waals surface area contributed by atoms with Gasteiger partial charge < -0.3 is 9.84 Å². The quantitative estimate of drug-likeness (QED) is 0.192. The van der Waals surface area contributed by atoms with E-state index in [1.807, 2.05) is 152 Å². The molecule has 4 heteroatoms. The van der Waals surface area contributed by atoms with Crippen LogP contribution in [-0.4, -0.2) is 17.0 Å². The fourth-order valence-electron chi connectivity index (χ4n) is 8.74. The average Bonchev–Trinajstić information content (AvgIpc) is 3.58. The zero-order valence-corrected chi connectivity index (χ0v) is 23.3. The highest BCUT2D eigenvalue weighted by Gasteiger charge is 2.88. The van der Waals surface area contributed by atoms with Crippen molar-refractivity contribution in [3.05, 3.63) is 179 Å². The second-order valence-corrected chi connectivity index (χ2v) is 11.6. The van der Waals surface area contributed by atoms with Crippen molar-refractivity contribution in [3.63, 3.8) is 0 Å². The number of esters is 2. The molecule has 0 radical (unpaired) electrons. The van der Waals surface area contributed by atoms with Crippen LogP contribution in [0.3, 0.4) is 0 Å². The van der Waals surface area contributed by atoms with Crippen LogP contribution in [-0.2, 0) is 30.8 Å². The lowest BCUT2D eigenvalue weighted by Crippen LogP contribution is -2.55. The Morgan fingerprint density at radius 1 is 0.442 bits per heavy atom. The molecule has 5 aromatic rings. The van der Waals surface area contributed by atoms with E-state index in [9.17, 15) is 14.7 Å². The minimum absolute atomic E-state index is 0.605. The Kier molecular flexibility index (Phi) is 5.50. The number of carbonyl (C=O) groups excluding carboxylic acids is 2. The molecule has 1 heterocycles. The number of hydrogen-bond donors (Lipinski definition) is 1. The molecule has 4 nitrogen and oxygen atoms in total. The van der Waals surface area contributed by atoms with Crippen molar-refractivity contribution in [1.82, 2.24) is 0 Å². The van der Waals surface area contributed by atoms with Gasteiger partial charge in [-0.05, 0) is 39.0 Å². The van der Waals surface area contributed by atoms with E-state index >= 15 is 0 Å². The van der Waals surface area contributed by atoms with Crippen LogP contribution in [0.2, 0.25) is 0 Å². The van der Waals surface area contributed by atoms with Crippen LogP contribution < -0.4 is 0 Å². The molecule has 208 valence electrons. The first-order chi connectivity index (χ1) is 21.1. The van der Waals surface area contributed by atoms with Crippen molar-refractivity contribution < 1.29 is 19.4 Å². The second-order valence-electron chi connectivity index (χ2n) is 11.6. The summed E-state index contributed by atoms with van der Waals surface area (Å²) in [5.41, 5.74) is 1.02. The zero-order chi connectivity index (χ0) is 29.2. The maximum absolute atomic E-state index is 14.2. The van der Waals surface area contributed by atoms with Crippen LogP contribution in [0, 0.1) is 11.8 Å². The van der Waals surface area contributed by atoms with Gasteiger partial charge in [0.2, 0.25) is 0 Å². The summed E-state index contributed by atoms with van der Waals surface area (Å²) in [7, 11) is 0. The number of benzene rings is 5. The zero-order valence-electron chi connectivity index (χ0n) is 23.3. The highest BCUT2D eigenvalue weighted by Crippen LogP contribution is 2.82. The molecule has 1 N–H and O–H groups in total. The summed E-state index contributed by atoms with van der Waals surface area (Å²) in [5.74, 6) is -3.16. The van der Waals surface area contributed by atoms with Gasteiger partial charge >= 0.3 is 11.9 Å². The number of hydrogen-bond acceptors (Lipinski definition) is 4. The predicted molar refractivity (Wildman–Crippen MR) is 164 cm³/mol. The maximum atomic E-state index is 14.2. The van der Waals surface area contributed by atoms with Gasteiger partial charge in [0.1, 0.15) is 5.60 Å². The largest absolute Gasteiger partial charge is 0.393 e. The van der Waals surface area contributed by atoms with Crippen molar-refractivity contribution in [2.24, 2.45) is 11.8 Å². The molecule has 0 amide bonds. The van der Waals surface area contributed by atoms with Gasteiger partial charge in [0, 0.05) is 0 Å². The van der Waals surface area contributed by atoms with Gasteiger partial charge in [0.15, 0.2) is 0 Å². The molecule has 2 fully saturated rings. The summed E-state index contributed by atoms with van der Waals surface area (Å²) in [5, 5.41) is 14.2. The third-order valence-corrected chi connectivity index (χ3v) is 9.93. The Morgan fingerprint density at radius 3 is 1.09 bits per heavy atom. The van der Waals surface area contributed by atoms with E-state index in [1.165, 1.54) is 0 Å². The molecule has 0 spiro atoms. The number of rotatable bonds is 5. The molecular formula is C39H28O4. The highest BCUT2D eigenvalue weighted by molar-refractivity contribution is 6.15. The summed E-state index contributed by atoms with van der Waals surface area (Å²) in [6.07, 6.45) is 0. The first-order valence-corrected chi connectivity index (χ1v) is 14.6. The van der Waals surface area contributed by atoms with E-state index in [0.29, 0.717) is 5.56 Å². The molecule has 3 aliphatic rings. The van der Waals surface area contributed by atoms with Crippen molar-refractivity contribution in [2.45, 2.75) is 16.4 Å². The summed E-state index contributed by atoms with van der Waals surface area (Å²) in [6.45, 7) is 0. The van der Waals surface area contributed by atoms with E-state index in [2.05, 4.69) is 0 Å². The van der Waals surface area contributed by atoms with Crippen LogP contribution in [0.1, 0.15) is 27.8 Å². The highest BCUT2D eigenvalue weighted by atomic mass is 16.6. The number of cyclic esters (lactones) is 2. The normalized spacial score (nSPS) is 29.0. The number of aliphatic hydroxyl groups is 1. The summed E-state index contributed by atoms with van der Waals surface area (Å²) in [6, 6.07) is 49.0. The smallest absolute Gasteiger partial charge is 0.318 e. The van der Waals surface area contributed by atoms with E-state index in [4.69, 9.17) is 4.74 Å². The molecule has 1 saturated heterocycles. The molecule has 1 saturated carbocycles. The van der Waals surface area contributed by atoms with Crippen molar-refractivity contribution in [2.75, 3.05) is 0 Å². The first kappa shape index (κ1) is 25.6. The van der Waals surface area contributed by atoms with E-state index in [1.54, 1.807) is 0 Å². The van der Waals surface area contributed by atoms with Crippen molar-refractivity contribution >= 4 is 23.1 Å². The lowest BCUT2D eigenvalue weighted by atomic mass is 9.57. The Morgan fingerprint density at radius 2 is 0.744 bits per heavy atom. The van der Waals surface area contributed by atoms with Crippen molar-refractivity contribution in [1.29, 1.82) is 0 Å². The van der Waals surface area contributed by atoms with E-state index in [-0.39, 0.29) is 0 Å². The van der Waals surface area contributed by atoms with Gasteiger partial charge in [-0.25, -0.2) is 0 Å². The van der Waals surface area contributed by atoms with E-state index in [0.717, 1.165) is 33.4 Å². The molecule has 43 heavy (non-hydrogen) atoms. The van der Waals surface area contributed by atoms with E-state index < -0.39 is 40.2 Å².